The first kappa shape index (κ1) is 19.3. The standard InChI is InChI=1S/C26H28N2O2/c29-26-11-10-21-7-9-24(23-8-6-20-4-1-2-5-22(20)18-23)19-25(21)28(26)13-3-12-27-14-16-30-17-15-27/h1-2,4-9,18-19H,3,10-17H2. The van der Waals surface area contributed by atoms with E-state index >= 15 is 0 Å². The number of benzene rings is 3. The summed E-state index contributed by atoms with van der Waals surface area (Å²) in [4.78, 5) is 17.2. The van der Waals surface area contributed by atoms with Crippen molar-refractivity contribution < 1.29 is 9.53 Å². The number of hydrogen-bond acceptors (Lipinski definition) is 3. The molecule has 154 valence electrons. The predicted octanol–water partition coefficient (Wildman–Crippen LogP) is 4.51. The normalized spacial score (nSPS) is 17.3. The molecule has 4 heteroatoms. The highest BCUT2D eigenvalue weighted by Crippen LogP contribution is 2.33. The average Bonchev–Trinajstić information content (AvgIpc) is 2.80. The predicted molar refractivity (Wildman–Crippen MR) is 122 cm³/mol. The molecule has 2 aliphatic heterocycles. The van der Waals surface area contributed by atoms with Gasteiger partial charge < -0.3 is 9.64 Å². The van der Waals surface area contributed by atoms with Crippen LogP contribution in [0.1, 0.15) is 18.4 Å². The third kappa shape index (κ3) is 3.98. The van der Waals surface area contributed by atoms with Gasteiger partial charge in [-0.25, -0.2) is 0 Å². The van der Waals surface area contributed by atoms with Crippen molar-refractivity contribution in [3.63, 3.8) is 0 Å². The highest BCUT2D eigenvalue weighted by Gasteiger charge is 2.24. The zero-order valence-electron chi connectivity index (χ0n) is 17.3. The van der Waals surface area contributed by atoms with Gasteiger partial charge in [0.1, 0.15) is 0 Å². The lowest BCUT2D eigenvalue weighted by atomic mass is 9.95. The van der Waals surface area contributed by atoms with Crippen LogP contribution in [0.3, 0.4) is 0 Å². The SMILES string of the molecule is O=C1CCc2ccc(-c3ccc4ccccc4c3)cc2N1CCCN1CCOCC1. The van der Waals surface area contributed by atoms with Gasteiger partial charge in [-0.2, -0.15) is 0 Å². The van der Waals surface area contributed by atoms with E-state index in [-0.39, 0.29) is 5.91 Å². The Bertz CT molecular complexity index is 1060. The lowest BCUT2D eigenvalue weighted by molar-refractivity contribution is -0.118. The van der Waals surface area contributed by atoms with E-state index in [1.54, 1.807) is 0 Å². The van der Waals surface area contributed by atoms with E-state index in [2.05, 4.69) is 65.6 Å². The van der Waals surface area contributed by atoms with Crippen LogP contribution < -0.4 is 4.90 Å². The summed E-state index contributed by atoms with van der Waals surface area (Å²) < 4.78 is 5.44. The van der Waals surface area contributed by atoms with E-state index in [0.29, 0.717) is 6.42 Å². The van der Waals surface area contributed by atoms with Gasteiger partial charge in [-0.05, 0) is 52.4 Å². The molecule has 1 amide bonds. The summed E-state index contributed by atoms with van der Waals surface area (Å²) in [6.07, 6.45) is 2.44. The third-order valence-electron chi connectivity index (χ3n) is 6.33. The molecule has 0 saturated carbocycles. The Kier molecular flexibility index (Phi) is 5.52. The lowest BCUT2D eigenvalue weighted by Gasteiger charge is -2.32. The molecule has 2 aliphatic rings. The molecule has 2 heterocycles. The lowest BCUT2D eigenvalue weighted by Crippen LogP contribution is -2.40. The number of anilines is 1. The molecule has 0 radical (unpaired) electrons. The number of carbonyl (C=O) groups is 1. The molecule has 1 fully saturated rings. The second kappa shape index (κ2) is 8.58. The summed E-state index contributed by atoms with van der Waals surface area (Å²) in [5.41, 5.74) is 4.75. The fourth-order valence-corrected chi connectivity index (χ4v) is 4.61. The van der Waals surface area contributed by atoms with E-state index in [9.17, 15) is 4.79 Å². The smallest absolute Gasteiger partial charge is 0.227 e. The Balaban J connectivity index is 1.38. The molecule has 0 unspecified atom stereocenters. The first-order valence-electron chi connectivity index (χ1n) is 11.0. The number of amides is 1. The van der Waals surface area contributed by atoms with Crippen molar-refractivity contribution in [1.29, 1.82) is 0 Å². The molecule has 3 aromatic carbocycles. The van der Waals surface area contributed by atoms with Crippen LogP contribution >= 0.6 is 0 Å². The molecule has 0 bridgehead atoms. The summed E-state index contributed by atoms with van der Waals surface area (Å²) in [6, 6.07) is 21.7. The van der Waals surface area contributed by atoms with Crippen molar-refractivity contribution in [3.8, 4) is 11.1 Å². The zero-order chi connectivity index (χ0) is 20.3. The molecule has 0 aliphatic carbocycles. The van der Waals surface area contributed by atoms with Crippen LogP contribution in [0, 0.1) is 0 Å². The average molecular weight is 401 g/mol. The molecular weight excluding hydrogens is 372 g/mol. The van der Waals surface area contributed by atoms with Gasteiger partial charge in [0.25, 0.3) is 0 Å². The molecule has 3 aromatic rings. The van der Waals surface area contributed by atoms with Crippen LogP contribution in [-0.2, 0) is 16.0 Å². The van der Waals surface area contributed by atoms with Crippen LogP contribution in [0.5, 0.6) is 0 Å². The molecular formula is C26H28N2O2. The molecule has 5 rings (SSSR count). The van der Waals surface area contributed by atoms with Gasteiger partial charge >= 0.3 is 0 Å². The maximum Gasteiger partial charge on any atom is 0.227 e. The molecule has 0 aromatic heterocycles. The first-order valence-corrected chi connectivity index (χ1v) is 11.0. The fraction of sp³-hybridized carbons (Fsp3) is 0.346. The van der Waals surface area contributed by atoms with Crippen LogP contribution in [0.4, 0.5) is 5.69 Å². The maximum atomic E-state index is 12.8. The van der Waals surface area contributed by atoms with Gasteiger partial charge in [0, 0.05) is 38.3 Å². The van der Waals surface area contributed by atoms with Crippen LogP contribution in [0.25, 0.3) is 21.9 Å². The van der Waals surface area contributed by atoms with Gasteiger partial charge in [0.2, 0.25) is 5.91 Å². The molecule has 30 heavy (non-hydrogen) atoms. The number of hydrogen-bond donors (Lipinski definition) is 0. The second-order valence-electron chi connectivity index (χ2n) is 8.26. The van der Waals surface area contributed by atoms with E-state index < -0.39 is 0 Å². The zero-order valence-corrected chi connectivity index (χ0v) is 17.3. The molecule has 0 spiro atoms. The summed E-state index contributed by atoms with van der Waals surface area (Å²) in [5.74, 6) is 0.250. The van der Waals surface area contributed by atoms with Crippen LogP contribution in [0.2, 0.25) is 0 Å². The van der Waals surface area contributed by atoms with E-state index in [1.807, 2.05) is 4.90 Å². The number of morpholine rings is 1. The van der Waals surface area contributed by atoms with Crippen molar-refractivity contribution in [2.75, 3.05) is 44.3 Å². The fourth-order valence-electron chi connectivity index (χ4n) is 4.61. The van der Waals surface area contributed by atoms with E-state index in [4.69, 9.17) is 4.74 Å². The largest absolute Gasteiger partial charge is 0.379 e. The minimum Gasteiger partial charge on any atom is -0.379 e. The van der Waals surface area contributed by atoms with Crippen molar-refractivity contribution in [2.45, 2.75) is 19.3 Å². The Hall–Kier alpha value is -2.69. The van der Waals surface area contributed by atoms with Gasteiger partial charge in [-0.15, -0.1) is 0 Å². The van der Waals surface area contributed by atoms with Crippen LogP contribution in [0.15, 0.2) is 60.7 Å². The Labute approximate surface area is 178 Å². The molecule has 0 atom stereocenters. The molecule has 0 N–H and O–H groups in total. The number of nitrogens with zero attached hydrogens (tertiary/aromatic N) is 2. The van der Waals surface area contributed by atoms with Crippen molar-refractivity contribution >= 4 is 22.4 Å². The highest BCUT2D eigenvalue weighted by molar-refractivity contribution is 5.97. The number of carbonyl (C=O) groups excluding carboxylic acids is 1. The summed E-state index contributed by atoms with van der Waals surface area (Å²) in [6.45, 7) is 5.44. The Morgan fingerprint density at radius 1 is 0.800 bits per heavy atom. The van der Waals surface area contributed by atoms with Gasteiger partial charge in [-0.3, -0.25) is 9.69 Å². The summed E-state index contributed by atoms with van der Waals surface area (Å²) in [5, 5.41) is 2.49. The molecule has 1 saturated heterocycles. The number of ether oxygens (including phenoxy) is 1. The monoisotopic (exact) mass is 400 g/mol. The van der Waals surface area contributed by atoms with E-state index in [1.165, 1.54) is 27.5 Å². The van der Waals surface area contributed by atoms with Gasteiger partial charge in [0.15, 0.2) is 0 Å². The number of rotatable bonds is 5. The highest BCUT2D eigenvalue weighted by atomic mass is 16.5. The van der Waals surface area contributed by atoms with Crippen molar-refractivity contribution in [3.05, 3.63) is 66.2 Å². The molecule has 4 nitrogen and oxygen atoms in total. The van der Waals surface area contributed by atoms with Crippen LogP contribution in [-0.4, -0.2) is 50.2 Å². The summed E-state index contributed by atoms with van der Waals surface area (Å²) in [7, 11) is 0. The quantitative estimate of drug-likeness (QED) is 0.632. The number of fused-ring (bicyclic) bond motifs is 2. The minimum absolute atomic E-state index is 0.250. The summed E-state index contributed by atoms with van der Waals surface area (Å²) >= 11 is 0. The van der Waals surface area contributed by atoms with E-state index in [0.717, 1.165) is 57.9 Å². The first-order chi connectivity index (χ1) is 14.8. The third-order valence-corrected chi connectivity index (χ3v) is 6.33. The van der Waals surface area contributed by atoms with Gasteiger partial charge in [0.05, 0.1) is 13.2 Å². The topological polar surface area (TPSA) is 32.8 Å². The Morgan fingerprint density at radius 2 is 1.57 bits per heavy atom. The van der Waals surface area contributed by atoms with Crippen molar-refractivity contribution in [1.82, 2.24) is 4.90 Å². The maximum absolute atomic E-state index is 12.8. The second-order valence-corrected chi connectivity index (χ2v) is 8.26. The number of aryl methyl sites for hydroxylation is 1. The van der Waals surface area contributed by atoms with Crippen molar-refractivity contribution in [2.24, 2.45) is 0 Å². The van der Waals surface area contributed by atoms with Gasteiger partial charge in [-0.1, -0.05) is 48.5 Å². The minimum atomic E-state index is 0.250. The Morgan fingerprint density at radius 3 is 2.43 bits per heavy atom.